The number of anilines is 3. The molecule has 0 aromatic heterocycles. The standard InChI is InChI=1S/C26H32N4O4/c1-2-5-23(27)19-9-11-20(12-10-19)28-24(32)13-14-26(34)30(16-17-31)22-7-3-6-21(18-22)29-15-4-8-25(29)33/h3,6-7,9-12,18,27,31H,2,4-5,8,13-17H2,1H3,(H,28,32). The van der Waals surface area contributed by atoms with Crippen LogP contribution < -0.4 is 15.1 Å². The number of aliphatic hydroxyl groups excluding tert-OH is 1. The van der Waals surface area contributed by atoms with Gasteiger partial charge in [0.05, 0.1) is 6.61 Å². The van der Waals surface area contributed by atoms with E-state index in [2.05, 4.69) is 5.32 Å². The number of carbonyl (C=O) groups excluding carboxylic acids is 3. The molecule has 2 aromatic carbocycles. The molecule has 8 nitrogen and oxygen atoms in total. The van der Waals surface area contributed by atoms with Crippen LogP contribution in [0.4, 0.5) is 17.1 Å². The molecule has 0 aliphatic carbocycles. The van der Waals surface area contributed by atoms with Gasteiger partial charge in [0.2, 0.25) is 17.7 Å². The van der Waals surface area contributed by atoms with Crippen LogP contribution in [0, 0.1) is 5.41 Å². The number of amides is 3. The van der Waals surface area contributed by atoms with Gasteiger partial charge in [0, 0.05) is 55.1 Å². The second-order valence-electron chi connectivity index (χ2n) is 8.29. The van der Waals surface area contributed by atoms with Crippen LogP contribution in [0.5, 0.6) is 0 Å². The minimum Gasteiger partial charge on any atom is -0.395 e. The third-order valence-electron chi connectivity index (χ3n) is 5.73. The zero-order valence-corrected chi connectivity index (χ0v) is 19.5. The molecule has 34 heavy (non-hydrogen) atoms. The first-order chi connectivity index (χ1) is 16.4. The van der Waals surface area contributed by atoms with Gasteiger partial charge in [0.1, 0.15) is 0 Å². The second-order valence-corrected chi connectivity index (χ2v) is 8.29. The predicted octanol–water partition coefficient (Wildman–Crippen LogP) is 3.73. The maximum absolute atomic E-state index is 12.9. The molecule has 1 aliphatic rings. The molecule has 1 heterocycles. The average Bonchev–Trinajstić information content (AvgIpc) is 3.27. The van der Waals surface area contributed by atoms with Gasteiger partial charge in [-0.05, 0) is 48.7 Å². The molecule has 0 atom stereocenters. The van der Waals surface area contributed by atoms with Gasteiger partial charge >= 0.3 is 0 Å². The van der Waals surface area contributed by atoms with Crippen LogP contribution in [0.3, 0.4) is 0 Å². The minimum absolute atomic E-state index is 0.00152. The third kappa shape index (κ3) is 6.51. The molecule has 3 N–H and O–H groups in total. The molecule has 0 spiro atoms. The molecule has 8 heteroatoms. The highest BCUT2D eigenvalue weighted by atomic mass is 16.3. The Balaban J connectivity index is 1.59. The summed E-state index contributed by atoms with van der Waals surface area (Å²) < 4.78 is 0. The monoisotopic (exact) mass is 464 g/mol. The lowest BCUT2D eigenvalue weighted by atomic mass is 10.1. The maximum atomic E-state index is 12.9. The fraction of sp³-hybridized carbons (Fsp3) is 0.385. The van der Waals surface area contributed by atoms with Gasteiger partial charge in [-0.3, -0.25) is 14.4 Å². The van der Waals surface area contributed by atoms with Crippen molar-refractivity contribution in [1.29, 1.82) is 5.41 Å². The predicted molar refractivity (Wildman–Crippen MR) is 134 cm³/mol. The van der Waals surface area contributed by atoms with Crippen molar-refractivity contribution in [3.63, 3.8) is 0 Å². The van der Waals surface area contributed by atoms with E-state index in [0.29, 0.717) is 36.5 Å². The van der Waals surface area contributed by atoms with E-state index in [9.17, 15) is 19.5 Å². The van der Waals surface area contributed by atoms with Gasteiger partial charge in [0.25, 0.3) is 0 Å². The first-order valence-electron chi connectivity index (χ1n) is 11.7. The Morgan fingerprint density at radius 2 is 1.88 bits per heavy atom. The molecule has 0 unspecified atom stereocenters. The zero-order chi connectivity index (χ0) is 24.5. The van der Waals surface area contributed by atoms with E-state index in [-0.39, 0.29) is 43.7 Å². The lowest BCUT2D eigenvalue weighted by molar-refractivity contribution is -0.122. The summed E-state index contributed by atoms with van der Waals surface area (Å²) in [6, 6.07) is 14.3. The SMILES string of the molecule is CCCC(=N)c1ccc(NC(=O)CCC(=O)N(CCO)c2cccc(N3CCCC3=O)c2)cc1. The Morgan fingerprint density at radius 1 is 1.12 bits per heavy atom. The molecule has 1 saturated heterocycles. The van der Waals surface area contributed by atoms with Crippen LogP contribution in [0.25, 0.3) is 0 Å². The number of benzene rings is 2. The molecule has 3 rings (SSSR count). The quantitative estimate of drug-likeness (QED) is 0.440. The zero-order valence-electron chi connectivity index (χ0n) is 19.5. The smallest absolute Gasteiger partial charge is 0.227 e. The number of carbonyl (C=O) groups is 3. The molecule has 2 aromatic rings. The molecule has 1 aliphatic heterocycles. The topological polar surface area (TPSA) is 114 Å². The van der Waals surface area contributed by atoms with Crippen LogP contribution in [0.1, 0.15) is 51.0 Å². The molecule has 1 fully saturated rings. The minimum atomic E-state index is -0.287. The molecule has 0 radical (unpaired) electrons. The van der Waals surface area contributed by atoms with E-state index >= 15 is 0 Å². The van der Waals surface area contributed by atoms with Crippen LogP contribution >= 0.6 is 0 Å². The van der Waals surface area contributed by atoms with Crippen molar-refractivity contribution in [2.75, 3.05) is 34.8 Å². The van der Waals surface area contributed by atoms with E-state index in [1.54, 1.807) is 47.4 Å². The number of rotatable bonds is 11. The lowest BCUT2D eigenvalue weighted by Crippen LogP contribution is -2.34. The summed E-state index contributed by atoms with van der Waals surface area (Å²) in [6.45, 7) is 2.56. The number of hydrogen-bond acceptors (Lipinski definition) is 5. The van der Waals surface area contributed by atoms with Crippen LogP contribution in [0.15, 0.2) is 48.5 Å². The number of aliphatic hydroxyl groups is 1. The highest BCUT2D eigenvalue weighted by Gasteiger charge is 2.23. The molecular weight excluding hydrogens is 432 g/mol. The summed E-state index contributed by atoms with van der Waals surface area (Å²) in [5.74, 6) is -0.508. The Morgan fingerprint density at radius 3 is 2.53 bits per heavy atom. The van der Waals surface area contributed by atoms with Gasteiger partial charge in [0.15, 0.2) is 0 Å². The first-order valence-corrected chi connectivity index (χ1v) is 11.7. The third-order valence-corrected chi connectivity index (χ3v) is 5.73. The van der Waals surface area contributed by atoms with E-state index in [0.717, 1.165) is 24.1 Å². The van der Waals surface area contributed by atoms with Crippen molar-refractivity contribution in [2.24, 2.45) is 0 Å². The average molecular weight is 465 g/mol. The van der Waals surface area contributed by atoms with Crippen LogP contribution in [0.2, 0.25) is 0 Å². The molecule has 3 amide bonds. The van der Waals surface area contributed by atoms with E-state index < -0.39 is 0 Å². The summed E-state index contributed by atoms with van der Waals surface area (Å²) in [5.41, 5.74) is 3.31. The summed E-state index contributed by atoms with van der Waals surface area (Å²) in [5, 5.41) is 20.3. The van der Waals surface area contributed by atoms with E-state index in [1.807, 2.05) is 13.0 Å². The van der Waals surface area contributed by atoms with Gasteiger partial charge in [-0.1, -0.05) is 31.5 Å². The maximum Gasteiger partial charge on any atom is 0.227 e. The molecular formula is C26H32N4O4. The van der Waals surface area contributed by atoms with E-state index in [1.165, 1.54) is 4.90 Å². The Hall–Kier alpha value is -3.52. The van der Waals surface area contributed by atoms with Crippen molar-refractivity contribution < 1.29 is 19.5 Å². The highest BCUT2D eigenvalue weighted by Crippen LogP contribution is 2.26. The van der Waals surface area contributed by atoms with Crippen LogP contribution in [-0.4, -0.2) is 48.2 Å². The van der Waals surface area contributed by atoms with Crippen molar-refractivity contribution in [1.82, 2.24) is 0 Å². The Bertz CT molecular complexity index is 1040. The number of hydrogen-bond donors (Lipinski definition) is 3. The fourth-order valence-electron chi connectivity index (χ4n) is 3.98. The Labute approximate surface area is 200 Å². The summed E-state index contributed by atoms with van der Waals surface area (Å²) in [4.78, 5) is 40.5. The van der Waals surface area contributed by atoms with Gasteiger partial charge in [-0.2, -0.15) is 0 Å². The summed E-state index contributed by atoms with van der Waals surface area (Å²) >= 11 is 0. The Kier molecular flexibility index (Phi) is 8.93. The van der Waals surface area contributed by atoms with Crippen molar-refractivity contribution in [3.8, 4) is 0 Å². The van der Waals surface area contributed by atoms with Crippen molar-refractivity contribution >= 4 is 40.5 Å². The lowest BCUT2D eigenvalue weighted by Gasteiger charge is -2.24. The van der Waals surface area contributed by atoms with Gasteiger partial charge in [-0.25, -0.2) is 0 Å². The van der Waals surface area contributed by atoms with Crippen molar-refractivity contribution in [2.45, 2.75) is 45.4 Å². The largest absolute Gasteiger partial charge is 0.395 e. The summed E-state index contributed by atoms with van der Waals surface area (Å²) in [7, 11) is 0. The summed E-state index contributed by atoms with van der Waals surface area (Å²) in [6.07, 6.45) is 2.91. The number of nitrogens with one attached hydrogen (secondary N) is 2. The van der Waals surface area contributed by atoms with Gasteiger partial charge < -0.3 is 25.6 Å². The van der Waals surface area contributed by atoms with Gasteiger partial charge in [-0.15, -0.1) is 0 Å². The number of nitrogens with zero attached hydrogens (tertiary/aromatic N) is 2. The highest BCUT2D eigenvalue weighted by molar-refractivity contribution is 6.01. The molecule has 0 saturated carbocycles. The first kappa shape index (κ1) is 25.1. The molecule has 180 valence electrons. The normalized spacial score (nSPS) is 13.1. The second kappa shape index (κ2) is 12.1. The molecule has 0 bridgehead atoms. The van der Waals surface area contributed by atoms with Crippen molar-refractivity contribution in [3.05, 3.63) is 54.1 Å². The fourth-order valence-corrected chi connectivity index (χ4v) is 3.98. The van der Waals surface area contributed by atoms with Crippen LogP contribution in [-0.2, 0) is 14.4 Å². The van der Waals surface area contributed by atoms with E-state index in [4.69, 9.17) is 5.41 Å².